The molecule has 2 fully saturated rings. The number of nitrogens with one attached hydrogen (secondary N) is 1. The zero-order valence-corrected chi connectivity index (χ0v) is 10.6. The zero-order valence-electron chi connectivity index (χ0n) is 9.80. The molecule has 1 aromatic heterocycles. The van der Waals surface area contributed by atoms with E-state index in [2.05, 4.69) is 15.3 Å². The maximum Gasteiger partial charge on any atom is 0.156 e. The van der Waals surface area contributed by atoms with Crippen LogP contribution in [0.4, 0.5) is 5.82 Å². The second-order valence-electron chi connectivity index (χ2n) is 4.76. The summed E-state index contributed by atoms with van der Waals surface area (Å²) in [5, 5.41) is 3.47. The minimum absolute atomic E-state index is 0.185. The van der Waals surface area contributed by atoms with Crippen LogP contribution in [0.15, 0.2) is 6.33 Å². The fourth-order valence-electron chi connectivity index (χ4n) is 2.42. The molecule has 1 aliphatic heterocycles. The number of carbonyl (C=O) groups excluding carboxylic acids is 1. The number of hydrogen-bond acceptors (Lipinski definition) is 5. The summed E-state index contributed by atoms with van der Waals surface area (Å²) in [5.74, 6) is 1.16. The predicted molar refractivity (Wildman–Crippen MR) is 66.9 cm³/mol. The fraction of sp³-hybridized carbons (Fsp3) is 0.583. The molecule has 2 aliphatic rings. The highest BCUT2D eigenvalue weighted by Gasteiger charge is 2.40. The van der Waals surface area contributed by atoms with E-state index in [4.69, 9.17) is 16.3 Å². The maximum atomic E-state index is 11.0. The van der Waals surface area contributed by atoms with Gasteiger partial charge in [-0.1, -0.05) is 11.6 Å². The Balaban J connectivity index is 1.79. The highest BCUT2D eigenvalue weighted by molar-refractivity contribution is 6.32. The fourth-order valence-corrected chi connectivity index (χ4v) is 2.60. The SMILES string of the molecule is O=Cc1c(Cl)ncnc1NC1CCOC1C1CC1. The number of aldehydes is 1. The Hall–Kier alpha value is -1.20. The quantitative estimate of drug-likeness (QED) is 0.667. The van der Waals surface area contributed by atoms with Crippen molar-refractivity contribution in [1.82, 2.24) is 9.97 Å². The van der Waals surface area contributed by atoms with Gasteiger partial charge in [0.2, 0.25) is 0 Å². The van der Waals surface area contributed by atoms with Gasteiger partial charge in [-0.05, 0) is 25.2 Å². The minimum Gasteiger partial charge on any atom is -0.376 e. The molecule has 96 valence electrons. The van der Waals surface area contributed by atoms with E-state index in [9.17, 15) is 4.79 Å². The summed E-state index contributed by atoms with van der Waals surface area (Å²) in [6.07, 6.45) is 5.67. The Morgan fingerprint density at radius 2 is 2.22 bits per heavy atom. The van der Waals surface area contributed by atoms with E-state index < -0.39 is 0 Å². The van der Waals surface area contributed by atoms with Crippen molar-refractivity contribution in [2.75, 3.05) is 11.9 Å². The second kappa shape index (κ2) is 4.82. The number of rotatable bonds is 4. The third kappa shape index (κ3) is 2.20. The van der Waals surface area contributed by atoms with Crippen molar-refractivity contribution in [3.05, 3.63) is 17.0 Å². The van der Waals surface area contributed by atoms with Crippen molar-refractivity contribution in [1.29, 1.82) is 0 Å². The average Bonchev–Trinajstić information content (AvgIpc) is 3.11. The summed E-state index contributed by atoms with van der Waals surface area (Å²) in [4.78, 5) is 18.9. The van der Waals surface area contributed by atoms with E-state index in [-0.39, 0.29) is 17.3 Å². The molecule has 2 heterocycles. The van der Waals surface area contributed by atoms with Crippen molar-refractivity contribution < 1.29 is 9.53 Å². The van der Waals surface area contributed by atoms with Crippen LogP contribution in [-0.4, -0.2) is 35.0 Å². The van der Waals surface area contributed by atoms with Gasteiger partial charge >= 0.3 is 0 Å². The van der Waals surface area contributed by atoms with Crippen LogP contribution in [0.1, 0.15) is 29.6 Å². The summed E-state index contributed by atoms with van der Waals surface area (Å²) in [7, 11) is 0. The number of halogens is 1. The normalized spacial score (nSPS) is 27.2. The first-order chi connectivity index (χ1) is 8.79. The first-order valence-electron chi connectivity index (χ1n) is 6.13. The van der Waals surface area contributed by atoms with Crippen LogP contribution in [0.2, 0.25) is 5.15 Å². The van der Waals surface area contributed by atoms with Gasteiger partial charge in [-0.2, -0.15) is 0 Å². The lowest BCUT2D eigenvalue weighted by molar-refractivity contribution is 0.0897. The zero-order chi connectivity index (χ0) is 12.5. The van der Waals surface area contributed by atoms with Crippen molar-refractivity contribution in [2.24, 2.45) is 5.92 Å². The maximum absolute atomic E-state index is 11.0. The molecular formula is C12H14ClN3O2. The molecule has 2 unspecified atom stereocenters. The Morgan fingerprint density at radius 3 is 2.94 bits per heavy atom. The number of hydrogen-bond donors (Lipinski definition) is 1. The number of ether oxygens (including phenoxy) is 1. The third-order valence-electron chi connectivity index (χ3n) is 3.50. The Kier molecular flexibility index (Phi) is 3.18. The van der Waals surface area contributed by atoms with Gasteiger partial charge in [0.1, 0.15) is 17.3 Å². The van der Waals surface area contributed by atoms with Crippen LogP contribution in [0.5, 0.6) is 0 Å². The Labute approximate surface area is 110 Å². The van der Waals surface area contributed by atoms with E-state index in [0.717, 1.165) is 13.0 Å². The van der Waals surface area contributed by atoms with Crippen LogP contribution in [0.3, 0.4) is 0 Å². The van der Waals surface area contributed by atoms with Crippen LogP contribution in [-0.2, 0) is 4.74 Å². The van der Waals surface area contributed by atoms with Gasteiger partial charge in [0.15, 0.2) is 6.29 Å². The molecular weight excluding hydrogens is 254 g/mol. The molecule has 1 aliphatic carbocycles. The van der Waals surface area contributed by atoms with Gasteiger partial charge in [-0.15, -0.1) is 0 Å². The van der Waals surface area contributed by atoms with Crippen LogP contribution >= 0.6 is 11.6 Å². The topological polar surface area (TPSA) is 64.1 Å². The standard InChI is InChI=1S/C12H14ClN3O2/c13-11-8(5-17)12(15-6-14-11)16-9-3-4-18-10(9)7-1-2-7/h5-7,9-10H,1-4H2,(H,14,15,16). The minimum atomic E-state index is 0.185. The number of carbonyl (C=O) groups is 1. The third-order valence-corrected chi connectivity index (χ3v) is 3.80. The molecule has 0 amide bonds. The van der Waals surface area contributed by atoms with Gasteiger partial charge < -0.3 is 10.1 Å². The van der Waals surface area contributed by atoms with Crippen molar-refractivity contribution in [3.8, 4) is 0 Å². The molecule has 1 saturated carbocycles. The monoisotopic (exact) mass is 267 g/mol. The van der Waals surface area contributed by atoms with Gasteiger partial charge in [-0.25, -0.2) is 9.97 Å². The van der Waals surface area contributed by atoms with Gasteiger partial charge in [0.25, 0.3) is 0 Å². The average molecular weight is 268 g/mol. The van der Waals surface area contributed by atoms with Crippen LogP contribution in [0.25, 0.3) is 0 Å². The highest BCUT2D eigenvalue weighted by atomic mass is 35.5. The summed E-state index contributed by atoms with van der Waals surface area (Å²) in [5.41, 5.74) is 0.320. The van der Waals surface area contributed by atoms with Gasteiger partial charge in [0, 0.05) is 6.61 Å². The molecule has 18 heavy (non-hydrogen) atoms. The summed E-state index contributed by atoms with van der Waals surface area (Å²) in [6.45, 7) is 0.758. The van der Waals surface area contributed by atoms with Gasteiger partial charge in [-0.3, -0.25) is 4.79 Å². The highest BCUT2D eigenvalue weighted by Crippen LogP contribution is 2.39. The first kappa shape index (κ1) is 11.9. The van der Waals surface area contributed by atoms with E-state index in [1.807, 2.05) is 0 Å². The molecule has 1 N–H and O–H groups in total. The lowest BCUT2D eigenvalue weighted by Gasteiger charge is -2.20. The molecule has 3 rings (SSSR count). The van der Waals surface area contributed by atoms with E-state index in [0.29, 0.717) is 23.6 Å². The van der Waals surface area contributed by atoms with Crippen molar-refractivity contribution in [2.45, 2.75) is 31.4 Å². The molecule has 0 aromatic carbocycles. The number of anilines is 1. The lowest BCUT2D eigenvalue weighted by atomic mass is 10.1. The molecule has 0 radical (unpaired) electrons. The number of aromatic nitrogens is 2. The Morgan fingerprint density at radius 1 is 1.39 bits per heavy atom. The molecule has 2 atom stereocenters. The molecule has 1 saturated heterocycles. The molecule has 0 bridgehead atoms. The summed E-state index contributed by atoms with van der Waals surface area (Å²) in [6, 6.07) is 0.210. The molecule has 0 spiro atoms. The van der Waals surface area contributed by atoms with E-state index in [1.165, 1.54) is 19.2 Å². The molecule has 6 heteroatoms. The Bertz CT molecular complexity index is 465. The van der Waals surface area contributed by atoms with Crippen molar-refractivity contribution in [3.63, 3.8) is 0 Å². The van der Waals surface area contributed by atoms with Gasteiger partial charge in [0.05, 0.1) is 17.7 Å². The van der Waals surface area contributed by atoms with E-state index >= 15 is 0 Å². The second-order valence-corrected chi connectivity index (χ2v) is 5.11. The molecule has 1 aromatic rings. The van der Waals surface area contributed by atoms with Crippen LogP contribution in [0, 0.1) is 5.92 Å². The summed E-state index contributed by atoms with van der Waals surface area (Å²) < 4.78 is 5.74. The smallest absolute Gasteiger partial charge is 0.156 e. The largest absolute Gasteiger partial charge is 0.376 e. The summed E-state index contributed by atoms with van der Waals surface area (Å²) >= 11 is 5.87. The first-order valence-corrected chi connectivity index (χ1v) is 6.51. The molecule has 5 nitrogen and oxygen atoms in total. The lowest BCUT2D eigenvalue weighted by Crippen LogP contribution is -2.31. The number of nitrogens with zero attached hydrogens (tertiary/aromatic N) is 2. The van der Waals surface area contributed by atoms with Crippen LogP contribution < -0.4 is 5.32 Å². The predicted octanol–water partition coefficient (Wildman–Crippen LogP) is 1.92. The van der Waals surface area contributed by atoms with Crippen molar-refractivity contribution >= 4 is 23.7 Å². The van der Waals surface area contributed by atoms with E-state index in [1.54, 1.807) is 0 Å².